The molecule has 5 aromatic rings. The minimum Gasteiger partial charge on any atom is -0.366 e. The number of nitrogens with one attached hydrogen (secondary N) is 2. The number of hydrogen-bond donors (Lipinski definition) is 3. The van der Waals surface area contributed by atoms with Crippen LogP contribution in [0.15, 0.2) is 72.8 Å². The Morgan fingerprint density at radius 1 is 0.949 bits per heavy atom. The highest BCUT2D eigenvalue weighted by molar-refractivity contribution is 6.20. The Morgan fingerprint density at radius 2 is 1.72 bits per heavy atom. The number of carbonyl (C=O) groups excluding carboxylic acids is 3. The number of primary amides is 1. The van der Waals surface area contributed by atoms with Crippen LogP contribution in [-0.4, -0.2) is 22.7 Å². The fraction of sp³-hybridized carbons (Fsp3) is 0.156. The maximum Gasteiger partial charge on any atom is 0.258 e. The number of anilines is 2. The number of fused-ring (bicyclic) bond motifs is 4. The summed E-state index contributed by atoms with van der Waals surface area (Å²) in [7, 11) is 0. The molecule has 0 aliphatic carbocycles. The van der Waals surface area contributed by atoms with E-state index in [1.54, 1.807) is 6.07 Å². The molecule has 0 fully saturated rings. The number of hydrogen-bond acceptors (Lipinski definition) is 3. The van der Waals surface area contributed by atoms with Crippen LogP contribution < -0.4 is 16.0 Å². The van der Waals surface area contributed by atoms with Crippen molar-refractivity contribution in [2.24, 2.45) is 11.7 Å². The first-order chi connectivity index (χ1) is 18.7. The minimum atomic E-state index is -0.530. The summed E-state index contributed by atoms with van der Waals surface area (Å²) in [6.45, 7) is 6.22. The lowest BCUT2D eigenvalue weighted by atomic mass is 9.93. The molecule has 0 unspecified atom stereocenters. The smallest absolute Gasteiger partial charge is 0.258 e. The molecule has 4 aromatic carbocycles. The molecular formula is C32H28N4O3. The standard InChI is InChI=1S/C32H28N4O3/c1-17(2)31(38)34-20-11-12-24-26(15-20)35-29-25(30(33)37)14-13-23(28(24)29)21-9-6-10-27(18(21)3)36-16-19-7-4-5-8-22(19)32(36)39/h4-15,17,35H,16H2,1-3H3,(H2,33,37)(H,34,38). The van der Waals surface area contributed by atoms with E-state index in [9.17, 15) is 14.4 Å². The molecule has 0 spiro atoms. The van der Waals surface area contributed by atoms with Gasteiger partial charge < -0.3 is 20.9 Å². The van der Waals surface area contributed by atoms with Gasteiger partial charge in [-0.05, 0) is 59.5 Å². The van der Waals surface area contributed by atoms with Crippen LogP contribution in [0.3, 0.4) is 0 Å². The number of nitrogens with two attached hydrogens (primary N) is 1. The first-order valence-electron chi connectivity index (χ1n) is 12.9. The van der Waals surface area contributed by atoms with Crippen LogP contribution in [0.4, 0.5) is 11.4 Å². The lowest BCUT2D eigenvalue weighted by molar-refractivity contribution is -0.118. The fourth-order valence-electron chi connectivity index (χ4n) is 5.46. The Labute approximate surface area is 225 Å². The highest BCUT2D eigenvalue weighted by atomic mass is 16.2. The summed E-state index contributed by atoms with van der Waals surface area (Å²) in [5, 5.41) is 4.70. The van der Waals surface area contributed by atoms with Crippen molar-refractivity contribution in [1.29, 1.82) is 0 Å². The second kappa shape index (κ2) is 9.13. The van der Waals surface area contributed by atoms with E-state index in [1.807, 2.05) is 92.4 Å². The molecule has 3 amide bonds. The average Bonchev–Trinajstić information content (AvgIpc) is 3.46. The lowest BCUT2D eigenvalue weighted by Crippen LogP contribution is -2.24. The number of nitrogens with zero attached hydrogens (tertiary/aromatic N) is 1. The Hall–Kier alpha value is -4.91. The van der Waals surface area contributed by atoms with Gasteiger partial charge in [-0.2, -0.15) is 0 Å². The molecule has 1 aromatic heterocycles. The van der Waals surface area contributed by atoms with Gasteiger partial charge in [-0.15, -0.1) is 0 Å². The number of H-pyrrole nitrogens is 1. The quantitative estimate of drug-likeness (QED) is 0.261. The van der Waals surface area contributed by atoms with Crippen LogP contribution in [0, 0.1) is 12.8 Å². The van der Waals surface area contributed by atoms with E-state index >= 15 is 0 Å². The van der Waals surface area contributed by atoms with Gasteiger partial charge in [0.1, 0.15) is 0 Å². The second-order valence-electron chi connectivity index (χ2n) is 10.3. The van der Waals surface area contributed by atoms with Crippen LogP contribution in [0.5, 0.6) is 0 Å². The first-order valence-corrected chi connectivity index (χ1v) is 12.9. The van der Waals surface area contributed by atoms with E-state index in [0.717, 1.165) is 49.8 Å². The van der Waals surface area contributed by atoms with E-state index < -0.39 is 5.91 Å². The molecule has 0 saturated heterocycles. The normalized spacial score (nSPS) is 12.9. The summed E-state index contributed by atoms with van der Waals surface area (Å²) in [5.74, 6) is -0.766. The number of benzene rings is 4. The molecule has 194 valence electrons. The van der Waals surface area contributed by atoms with Gasteiger partial charge in [0.25, 0.3) is 11.8 Å². The number of rotatable bonds is 5. The molecule has 7 nitrogen and oxygen atoms in total. The number of amides is 3. The van der Waals surface area contributed by atoms with Crippen molar-refractivity contribution in [1.82, 2.24) is 4.98 Å². The average molecular weight is 517 g/mol. The molecule has 39 heavy (non-hydrogen) atoms. The second-order valence-corrected chi connectivity index (χ2v) is 10.3. The Balaban J connectivity index is 1.52. The predicted octanol–water partition coefficient (Wildman–Crippen LogP) is 6.15. The van der Waals surface area contributed by atoms with E-state index in [1.165, 1.54) is 0 Å². The van der Waals surface area contributed by atoms with Crippen molar-refractivity contribution in [2.45, 2.75) is 27.3 Å². The third-order valence-electron chi connectivity index (χ3n) is 7.52. The van der Waals surface area contributed by atoms with Gasteiger partial charge in [0.15, 0.2) is 0 Å². The molecule has 1 aliphatic heterocycles. The van der Waals surface area contributed by atoms with E-state index in [0.29, 0.717) is 23.3 Å². The van der Waals surface area contributed by atoms with Crippen LogP contribution in [0.1, 0.15) is 45.7 Å². The zero-order valence-corrected chi connectivity index (χ0v) is 22.0. The maximum atomic E-state index is 13.3. The number of aromatic nitrogens is 1. The van der Waals surface area contributed by atoms with Crippen LogP contribution in [-0.2, 0) is 11.3 Å². The molecule has 4 N–H and O–H groups in total. The molecular weight excluding hydrogens is 488 g/mol. The van der Waals surface area contributed by atoms with Gasteiger partial charge in [0.2, 0.25) is 5.91 Å². The van der Waals surface area contributed by atoms with Gasteiger partial charge in [-0.1, -0.05) is 56.3 Å². The lowest BCUT2D eigenvalue weighted by Gasteiger charge is -2.21. The largest absolute Gasteiger partial charge is 0.366 e. The molecule has 6 rings (SSSR count). The zero-order valence-electron chi connectivity index (χ0n) is 22.0. The molecule has 0 bridgehead atoms. The molecule has 1 aliphatic rings. The topological polar surface area (TPSA) is 108 Å². The SMILES string of the molecule is Cc1c(-c2ccc(C(N)=O)c3[nH]c4cc(NC(=O)C(C)C)ccc4c23)cccc1N1Cc2ccccc2C1=O. The van der Waals surface area contributed by atoms with Crippen molar-refractivity contribution >= 4 is 50.9 Å². The van der Waals surface area contributed by atoms with Gasteiger partial charge >= 0.3 is 0 Å². The molecule has 7 heteroatoms. The first kappa shape index (κ1) is 24.4. The van der Waals surface area contributed by atoms with E-state index in [-0.39, 0.29) is 17.7 Å². The van der Waals surface area contributed by atoms with E-state index in [4.69, 9.17) is 5.73 Å². The molecule has 2 heterocycles. The van der Waals surface area contributed by atoms with Gasteiger partial charge in [-0.25, -0.2) is 0 Å². The van der Waals surface area contributed by atoms with Crippen molar-refractivity contribution in [3.05, 3.63) is 95.1 Å². The van der Waals surface area contributed by atoms with Crippen molar-refractivity contribution < 1.29 is 14.4 Å². The highest BCUT2D eigenvalue weighted by Crippen LogP contribution is 2.41. The molecule has 0 saturated carbocycles. The number of carbonyl (C=O) groups is 3. The Morgan fingerprint density at radius 3 is 2.46 bits per heavy atom. The summed E-state index contributed by atoms with van der Waals surface area (Å²) >= 11 is 0. The number of aromatic amines is 1. The van der Waals surface area contributed by atoms with Gasteiger partial charge in [0.05, 0.1) is 17.6 Å². The van der Waals surface area contributed by atoms with Crippen LogP contribution >= 0.6 is 0 Å². The minimum absolute atomic E-state index is 0.0110. The predicted molar refractivity (Wildman–Crippen MR) is 155 cm³/mol. The maximum absolute atomic E-state index is 13.3. The summed E-state index contributed by atoms with van der Waals surface area (Å²) in [5.41, 5.74) is 13.6. The monoisotopic (exact) mass is 516 g/mol. The van der Waals surface area contributed by atoms with Crippen molar-refractivity contribution in [3.63, 3.8) is 0 Å². The van der Waals surface area contributed by atoms with E-state index in [2.05, 4.69) is 10.3 Å². The van der Waals surface area contributed by atoms with Gasteiger partial charge in [-0.3, -0.25) is 14.4 Å². The Kier molecular flexibility index (Phi) is 5.72. The fourth-order valence-corrected chi connectivity index (χ4v) is 5.46. The van der Waals surface area contributed by atoms with Crippen LogP contribution in [0.2, 0.25) is 0 Å². The van der Waals surface area contributed by atoms with Crippen molar-refractivity contribution in [3.8, 4) is 11.1 Å². The summed E-state index contributed by atoms with van der Waals surface area (Å²) in [6.07, 6.45) is 0. The molecule has 0 atom stereocenters. The van der Waals surface area contributed by atoms with Gasteiger partial charge in [0, 0.05) is 39.1 Å². The van der Waals surface area contributed by atoms with Crippen molar-refractivity contribution in [2.75, 3.05) is 10.2 Å². The third kappa shape index (κ3) is 3.94. The zero-order chi connectivity index (χ0) is 27.4. The third-order valence-corrected chi connectivity index (χ3v) is 7.52. The summed E-state index contributed by atoms with van der Waals surface area (Å²) in [4.78, 5) is 43.1. The summed E-state index contributed by atoms with van der Waals surface area (Å²) in [6, 6.07) is 23.0. The highest BCUT2D eigenvalue weighted by Gasteiger charge is 2.29. The summed E-state index contributed by atoms with van der Waals surface area (Å²) < 4.78 is 0. The molecule has 0 radical (unpaired) electrons. The Bertz CT molecular complexity index is 1830. The van der Waals surface area contributed by atoms with Crippen LogP contribution in [0.25, 0.3) is 32.9 Å².